The van der Waals surface area contributed by atoms with Gasteiger partial charge in [-0.3, -0.25) is 4.79 Å². The van der Waals surface area contributed by atoms with E-state index in [9.17, 15) is 4.79 Å². The first-order valence-electron chi connectivity index (χ1n) is 14.3. The molecule has 218 valence electrons. The maximum Gasteiger partial charge on any atom is 0.225 e. The van der Waals surface area contributed by atoms with Crippen molar-refractivity contribution in [3.63, 3.8) is 0 Å². The summed E-state index contributed by atoms with van der Waals surface area (Å²) in [5.41, 5.74) is 13.3. The van der Waals surface area contributed by atoms with Gasteiger partial charge in [-0.1, -0.05) is 65.3 Å². The van der Waals surface area contributed by atoms with Crippen molar-refractivity contribution in [2.75, 3.05) is 6.61 Å². The predicted octanol–water partition coefficient (Wildman–Crippen LogP) is 6.95. The molecule has 5 rings (SSSR count). The van der Waals surface area contributed by atoms with Crippen LogP contribution in [0.5, 0.6) is 0 Å². The zero-order valence-electron chi connectivity index (χ0n) is 25.2. The highest BCUT2D eigenvalue weighted by molar-refractivity contribution is 5.83. The summed E-state index contributed by atoms with van der Waals surface area (Å²) in [5.74, 6) is 1.24. The number of benzene rings is 3. The van der Waals surface area contributed by atoms with Crippen LogP contribution in [0, 0.1) is 27.7 Å². The second-order valence-electron chi connectivity index (χ2n) is 11.9. The van der Waals surface area contributed by atoms with Gasteiger partial charge in [0.1, 0.15) is 23.2 Å². The third kappa shape index (κ3) is 6.64. The number of rotatable bonds is 10. The molecule has 0 unspecified atom stereocenters. The smallest absolute Gasteiger partial charge is 0.225 e. The van der Waals surface area contributed by atoms with E-state index in [4.69, 9.17) is 19.4 Å². The van der Waals surface area contributed by atoms with Gasteiger partial charge in [0.2, 0.25) is 5.91 Å². The van der Waals surface area contributed by atoms with Gasteiger partial charge in [-0.05, 0) is 82.0 Å². The molecule has 0 aliphatic rings. The van der Waals surface area contributed by atoms with E-state index in [0.717, 1.165) is 38.9 Å². The summed E-state index contributed by atoms with van der Waals surface area (Å²) in [6, 6.07) is 23.9. The van der Waals surface area contributed by atoms with Gasteiger partial charge >= 0.3 is 0 Å². The van der Waals surface area contributed by atoms with Gasteiger partial charge in [-0.2, -0.15) is 0 Å². The molecule has 5 aromatic rings. The highest BCUT2D eigenvalue weighted by atomic mass is 16.5. The summed E-state index contributed by atoms with van der Waals surface area (Å²) in [6.45, 7) is 12.0. The van der Waals surface area contributed by atoms with Crippen molar-refractivity contribution >= 4 is 16.9 Å². The van der Waals surface area contributed by atoms with Crippen molar-refractivity contribution in [3.8, 4) is 0 Å². The van der Waals surface area contributed by atoms with Gasteiger partial charge in [0.05, 0.1) is 30.3 Å². The van der Waals surface area contributed by atoms with Crippen molar-refractivity contribution in [3.05, 3.63) is 123 Å². The number of furan rings is 1. The number of amides is 1. The van der Waals surface area contributed by atoms with Crippen LogP contribution in [0.4, 0.5) is 0 Å². The Morgan fingerprint density at radius 1 is 1.00 bits per heavy atom. The molecule has 0 aliphatic heterocycles. The van der Waals surface area contributed by atoms with Crippen molar-refractivity contribution in [2.45, 2.75) is 65.6 Å². The lowest BCUT2D eigenvalue weighted by Gasteiger charge is -2.23. The van der Waals surface area contributed by atoms with Crippen molar-refractivity contribution in [1.82, 2.24) is 10.5 Å². The van der Waals surface area contributed by atoms with Crippen LogP contribution in [0.2, 0.25) is 0 Å². The molecule has 0 bridgehead atoms. The number of carbonyl (C=O) groups excluding carboxylic acids is 1. The third-order valence-electron chi connectivity index (χ3n) is 7.37. The number of nitrogens with zero attached hydrogens (tertiary/aromatic N) is 1. The summed E-state index contributed by atoms with van der Waals surface area (Å²) in [5, 5.41) is 8.28. The molecule has 0 fully saturated rings. The van der Waals surface area contributed by atoms with Gasteiger partial charge in [0.15, 0.2) is 0 Å². The molecule has 3 aromatic carbocycles. The van der Waals surface area contributed by atoms with Gasteiger partial charge in [0.25, 0.3) is 0 Å². The number of nitrogens with one attached hydrogen (secondary N) is 1. The Hall–Kier alpha value is -4.20. The first-order chi connectivity index (χ1) is 20.0. The van der Waals surface area contributed by atoms with Crippen LogP contribution in [-0.2, 0) is 16.0 Å². The number of hydrogen-bond donors (Lipinski definition) is 2. The molecule has 2 atom stereocenters. The van der Waals surface area contributed by atoms with Crippen molar-refractivity contribution < 1.29 is 18.5 Å². The van der Waals surface area contributed by atoms with E-state index in [1.807, 2.05) is 82.3 Å². The maximum atomic E-state index is 13.4. The van der Waals surface area contributed by atoms with Crippen LogP contribution < -0.4 is 11.1 Å². The summed E-state index contributed by atoms with van der Waals surface area (Å²) in [6.07, 6.45) is -0.293. The quantitative estimate of drug-likeness (QED) is 0.190. The van der Waals surface area contributed by atoms with Gasteiger partial charge in [-0.25, -0.2) is 0 Å². The number of hydrogen-bond acceptors (Lipinski definition) is 6. The van der Waals surface area contributed by atoms with Crippen LogP contribution in [-0.4, -0.2) is 23.2 Å². The summed E-state index contributed by atoms with van der Waals surface area (Å²) < 4.78 is 18.0. The number of fused-ring (bicyclic) bond motifs is 1. The van der Waals surface area contributed by atoms with Gasteiger partial charge in [0, 0.05) is 10.9 Å². The topological polar surface area (TPSA) is 104 Å². The highest BCUT2D eigenvalue weighted by Crippen LogP contribution is 2.35. The molecule has 2 heterocycles. The Bertz CT molecular complexity index is 1680. The summed E-state index contributed by atoms with van der Waals surface area (Å²) in [4.78, 5) is 13.4. The monoisotopic (exact) mass is 565 g/mol. The number of aromatic nitrogens is 1. The standard InChI is InChI=1S/C35H39N3O4/c1-21-12-14-28(22(2)16-21)33(26-10-8-7-9-11-26)37-31(39)18-25-13-15-29-27(17-25)19-30(41-29)34(40-20-35(5,6)36)32-23(3)38-42-24(32)4/h7-17,19,33-34H,18,20,36H2,1-6H3,(H,37,39)/t33-,34-/m0/s1. The lowest BCUT2D eigenvalue weighted by atomic mass is 9.93. The van der Waals surface area contributed by atoms with Crippen LogP contribution in [0.15, 0.2) is 81.7 Å². The van der Waals surface area contributed by atoms with Crippen LogP contribution in [0.1, 0.15) is 76.6 Å². The van der Waals surface area contributed by atoms with E-state index < -0.39 is 11.6 Å². The van der Waals surface area contributed by atoms with E-state index in [1.54, 1.807) is 0 Å². The largest absolute Gasteiger partial charge is 0.458 e. The van der Waals surface area contributed by atoms with E-state index in [2.05, 4.69) is 42.5 Å². The molecule has 42 heavy (non-hydrogen) atoms. The third-order valence-corrected chi connectivity index (χ3v) is 7.37. The first kappa shape index (κ1) is 29.3. The first-order valence-corrected chi connectivity index (χ1v) is 14.3. The molecule has 3 N–H and O–H groups in total. The number of ether oxygens (including phenoxy) is 1. The number of carbonyl (C=O) groups is 1. The Labute approximate surface area is 247 Å². The minimum Gasteiger partial charge on any atom is -0.458 e. The Kier molecular flexibility index (Phi) is 8.34. The molecule has 2 aromatic heterocycles. The van der Waals surface area contributed by atoms with Crippen LogP contribution in [0.25, 0.3) is 11.0 Å². The van der Waals surface area contributed by atoms with E-state index in [1.165, 1.54) is 5.56 Å². The molecule has 1 amide bonds. The Morgan fingerprint density at radius 3 is 2.43 bits per heavy atom. The second-order valence-corrected chi connectivity index (χ2v) is 11.9. The Morgan fingerprint density at radius 2 is 1.76 bits per heavy atom. The lowest BCUT2D eigenvalue weighted by molar-refractivity contribution is -0.120. The molecule has 7 heteroatoms. The van der Waals surface area contributed by atoms with E-state index >= 15 is 0 Å². The minimum absolute atomic E-state index is 0.0611. The molecule has 0 saturated heterocycles. The predicted molar refractivity (Wildman–Crippen MR) is 164 cm³/mol. The van der Waals surface area contributed by atoms with E-state index in [-0.39, 0.29) is 18.4 Å². The maximum absolute atomic E-state index is 13.4. The molecule has 0 saturated carbocycles. The number of nitrogens with two attached hydrogens (primary N) is 1. The van der Waals surface area contributed by atoms with Gasteiger partial charge in [-0.15, -0.1) is 0 Å². The fraction of sp³-hybridized carbons (Fsp3) is 0.314. The van der Waals surface area contributed by atoms with Crippen LogP contribution in [0.3, 0.4) is 0 Å². The number of aryl methyl sites for hydroxylation is 4. The average Bonchev–Trinajstić information content (AvgIpc) is 3.50. The molecule has 7 nitrogen and oxygen atoms in total. The molecular weight excluding hydrogens is 526 g/mol. The lowest BCUT2D eigenvalue weighted by Crippen LogP contribution is -2.38. The van der Waals surface area contributed by atoms with Crippen LogP contribution >= 0.6 is 0 Å². The van der Waals surface area contributed by atoms with E-state index in [0.29, 0.717) is 23.7 Å². The SMILES string of the molecule is Cc1ccc([C@@H](NC(=O)Cc2ccc3oc([C@H](OCC(C)(C)N)c4c(C)noc4C)cc3c2)c2ccccc2)c(C)c1. The molecular formula is C35H39N3O4. The fourth-order valence-corrected chi connectivity index (χ4v) is 5.36. The van der Waals surface area contributed by atoms with Crippen molar-refractivity contribution in [1.29, 1.82) is 0 Å². The molecule has 0 spiro atoms. The average molecular weight is 566 g/mol. The zero-order valence-corrected chi connectivity index (χ0v) is 25.2. The van der Waals surface area contributed by atoms with Crippen molar-refractivity contribution in [2.24, 2.45) is 5.73 Å². The zero-order chi connectivity index (χ0) is 30.0. The van der Waals surface area contributed by atoms with Gasteiger partial charge < -0.3 is 24.7 Å². The minimum atomic E-state index is -0.529. The normalized spacial score (nSPS) is 13.3. The summed E-state index contributed by atoms with van der Waals surface area (Å²) >= 11 is 0. The summed E-state index contributed by atoms with van der Waals surface area (Å²) in [7, 11) is 0. The molecule has 0 aliphatic carbocycles. The Balaban J connectivity index is 1.40. The molecule has 0 radical (unpaired) electrons. The second kappa shape index (κ2) is 12.0. The highest BCUT2D eigenvalue weighted by Gasteiger charge is 2.28. The fourth-order valence-electron chi connectivity index (χ4n) is 5.36.